The van der Waals surface area contributed by atoms with E-state index in [1.165, 1.54) is 5.56 Å². The first-order valence-corrected chi connectivity index (χ1v) is 8.57. The molecule has 2 fully saturated rings. The maximum atomic E-state index is 12.1. The van der Waals surface area contributed by atoms with Crippen molar-refractivity contribution in [1.29, 1.82) is 0 Å². The van der Waals surface area contributed by atoms with Crippen molar-refractivity contribution in [2.45, 2.75) is 18.7 Å². The van der Waals surface area contributed by atoms with E-state index >= 15 is 0 Å². The first-order valence-electron chi connectivity index (χ1n) is 8.57. The van der Waals surface area contributed by atoms with Gasteiger partial charge >= 0.3 is 6.09 Å². The molecule has 4 rings (SSSR count). The van der Waals surface area contributed by atoms with E-state index in [-0.39, 0.29) is 18.2 Å². The van der Waals surface area contributed by atoms with E-state index in [2.05, 4.69) is 41.0 Å². The molecule has 0 unspecified atom stereocenters. The first-order chi connectivity index (χ1) is 12.3. The molecule has 2 aromatic rings. The molecule has 0 saturated carbocycles. The average Bonchev–Trinajstić information content (AvgIpc) is 3.14. The highest BCUT2D eigenvalue weighted by Gasteiger charge is 2.47. The van der Waals surface area contributed by atoms with Crippen molar-refractivity contribution in [2.75, 3.05) is 19.6 Å². The Bertz CT molecular complexity index is 795. The molecule has 0 spiro atoms. The molecule has 0 bridgehead atoms. The van der Waals surface area contributed by atoms with Crippen molar-refractivity contribution in [3.8, 4) is 11.8 Å². The Morgan fingerprint density at radius 1 is 1.00 bits per heavy atom. The van der Waals surface area contributed by atoms with Gasteiger partial charge in [-0.2, -0.15) is 0 Å². The Hall–Kier alpha value is -2.77. The number of rotatable bonds is 3. The fraction of sp³-hybridized carbons (Fsp3) is 0.286. The van der Waals surface area contributed by atoms with E-state index in [4.69, 9.17) is 4.74 Å². The van der Waals surface area contributed by atoms with E-state index < -0.39 is 0 Å². The van der Waals surface area contributed by atoms with E-state index in [1.807, 2.05) is 36.4 Å². The third-order valence-electron chi connectivity index (χ3n) is 4.70. The van der Waals surface area contributed by atoms with Crippen molar-refractivity contribution < 1.29 is 9.53 Å². The third kappa shape index (κ3) is 3.52. The molecule has 2 heterocycles. The van der Waals surface area contributed by atoms with Gasteiger partial charge in [0.15, 0.2) is 0 Å². The number of benzene rings is 2. The smallest absolute Gasteiger partial charge is 0.411 e. The maximum absolute atomic E-state index is 12.1. The van der Waals surface area contributed by atoms with Gasteiger partial charge in [0.2, 0.25) is 0 Å². The highest BCUT2D eigenvalue weighted by molar-refractivity contribution is 5.71. The molecule has 2 aliphatic rings. The number of carbonyl (C=O) groups excluding carboxylic acids is 1. The maximum Gasteiger partial charge on any atom is 0.411 e. The molecule has 0 radical (unpaired) electrons. The Kier molecular flexibility index (Phi) is 4.41. The molecule has 2 aromatic carbocycles. The van der Waals surface area contributed by atoms with E-state index in [0.717, 1.165) is 25.2 Å². The predicted octanol–water partition coefficient (Wildman–Crippen LogP) is 2.74. The van der Waals surface area contributed by atoms with Crippen LogP contribution in [-0.4, -0.2) is 47.7 Å². The Balaban J connectivity index is 1.39. The number of nitrogens with zero attached hydrogens (tertiary/aromatic N) is 2. The van der Waals surface area contributed by atoms with Gasteiger partial charge in [0.1, 0.15) is 6.10 Å². The molecule has 2 aliphatic heterocycles. The summed E-state index contributed by atoms with van der Waals surface area (Å²) in [6, 6.07) is 20.3. The van der Waals surface area contributed by atoms with Gasteiger partial charge < -0.3 is 4.74 Å². The zero-order valence-corrected chi connectivity index (χ0v) is 14.0. The summed E-state index contributed by atoms with van der Waals surface area (Å²) in [5, 5.41) is 0. The SMILES string of the molecule is O=C1O[C@@H]2CN(Cc3ccccc3)C[C@@H]2N1CC#Cc1ccccc1. The molecule has 4 heteroatoms. The van der Waals surface area contributed by atoms with Gasteiger partial charge in [-0.05, 0) is 17.7 Å². The minimum Gasteiger partial charge on any atom is -0.442 e. The molecular weight excluding hydrogens is 312 g/mol. The van der Waals surface area contributed by atoms with Crippen LogP contribution in [0.1, 0.15) is 11.1 Å². The molecule has 2 saturated heterocycles. The quantitative estimate of drug-likeness (QED) is 0.810. The van der Waals surface area contributed by atoms with Crippen LogP contribution in [0, 0.1) is 11.8 Å². The monoisotopic (exact) mass is 332 g/mol. The second-order valence-electron chi connectivity index (χ2n) is 6.46. The number of hydrogen-bond donors (Lipinski definition) is 0. The second-order valence-corrected chi connectivity index (χ2v) is 6.46. The molecule has 0 aromatic heterocycles. The summed E-state index contributed by atoms with van der Waals surface area (Å²) in [6.07, 6.45) is -0.286. The molecule has 25 heavy (non-hydrogen) atoms. The van der Waals surface area contributed by atoms with Crippen LogP contribution in [0.5, 0.6) is 0 Å². The summed E-state index contributed by atoms with van der Waals surface area (Å²) in [5.41, 5.74) is 2.24. The Labute approximate surface area is 148 Å². The lowest BCUT2D eigenvalue weighted by atomic mass is 10.2. The number of ether oxygens (including phenoxy) is 1. The zero-order chi connectivity index (χ0) is 17.1. The highest BCUT2D eigenvalue weighted by Crippen LogP contribution is 2.27. The minimum atomic E-state index is -0.239. The first kappa shape index (κ1) is 15.7. The van der Waals surface area contributed by atoms with Crippen LogP contribution in [0.2, 0.25) is 0 Å². The van der Waals surface area contributed by atoms with E-state index in [1.54, 1.807) is 4.90 Å². The fourth-order valence-corrected chi connectivity index (χ4v) is 3.48. The number of carbonyl (C=O) groups is 1. The highest BCUT2D eigenvalue weighted by atomic mass is 16.6. The van der Waals surface area contributed by atoms with Crippen molar-refractivity contribution in [1.82, 2.24) is 9.80 Å². The van der Waals surface area contributed by atoms with E-state index in [0.29, 0.717) is 6.54 Å². The largest absolute Gasteiger partial charge is 0.442 e. The third-order valence-corrected chi connectivity index (χ3v) is 4.70. The fourth-order valence-electron chi connectivity index (χ4n) is 3.48. The number of hydrogen-bond acceptors (Lipinski definition) is 3. The van der Waals surface area contributed by atoms with Gasteiger partial charge in [-0.1, -0.05) is 60.4 Å². The molecule has 1 amide bonds. The van der Waals surface area contributed by atoms with Gasteiger partial charge in [0.25, 0.3) is 0 Å². The van der Waals surface area contributed by atoms with E-state index in [9.17, 15) is 4.79 Å². The standard InChI is InChI=1S/C21H20N2O2/c24-21-23(13-7-12-17-8-3-1-4-9-17)19-15-22(16-20(19)25-21)14-18-10-5-2-6-11-18/h1-6,8-11,19-20H,13-16H2/t19-,20+/m0/s1. The topological polar surface area (TPSA) is 32.8 Å². The van der Waals surface area contributed by atoms with Gasteiger partial charge in [0.05, 0.1) is 12.6 Å². The summed E-state index contributed by atoms with van der Waals surface area (Å²) in [4.78, 5) is 16.2. The van der Waals surface area contributed by atoms with Crippen LogP contribution >= 0.6 is 0 Å². The summed E-state index contributed by atoms with van der Waals surface area (Å²) in [5.74, 6) is 6.22. The normalized spacial score (nSPS) is 22.2. The van der Waals surface area contributed by atoms with Gasteiger partial charge in [-0.3, -0.25) is 9.80 Å². The van der Waals surface area contributed by atoms with Gasteiger partial charge in [0, 0.05) is 25.2 Å². The van der Waals surface area contributed by atoms with Crippen molar-refractivity contribution in [2.24, 2.45) is 0 Å². The van der Waals surface area contributed by atoms with Crippen LogP contribution in [0.25, 0.3) is 0 Å². The Morgan fingerprint density at radius 3 is 2.48 bits per heavy atom. The van der Waals surface area contributed by atoms with Crippen molar-refractivity contribution in [3.05, 3.63) is 71.8 Å². The van der Waals surface area contributed by atoms with Crippen LogP contribution in [0.3, 0.4) is 0 Å². The lowest BCUT2D eigenvalue weighted by molar-refractivity contribution is 0.121. The Morgan fingerprint density at radius 2 is 1.72 bits per heavy atom. The number of fused-ring (bicyclic) bond motifs is 1. The summed E-state index contributed by atoms with van der Waals surface area (Å²) < 4.78 is 5.55. The average molecular weight is 332 g/mol. The molecule has 126 valence electrons. The lowest BCUT2D eigenvalue weighted by Gasteiger charge is -2.20. The molecule has 0 aliphatic carbocycles. The summed E-state index contributed by atoms with van der Waals surface area (Å²) in [7, 11) is 0. The molecule has 0 N–H and O–H groups in total. The van der Waals surface area contributed by atoms with Gasteiger partial charge in [-0.15, -0.1) is 0 Å². The second kappa shape index (κ2) is 7.00. The van der Waals surface area contributed by atoms with Crippen LogP contribution < -0.4 is 0 Å². The van der Waals surface area contributed by atoms with Crippen molar-refractivity contribution in [3.63, 3.8) is 0 Å². The predicted molar refractivity (Wildman–Crippen MR) is 95.8 cm³/mol. The minimum absolute atomic E-state index is 0.0465. The lowest BCUT2D eigenvalue weighted by Crippen LogP contribution is -2.38. The molecule has 2 atom stereocenters. The van der Waals surface area contributed by atoms with Crippen molar-refractivity contribution >= 4 is 6.09 Å². The van der Waals surface area contributed by atoms with Gasteiger partial charge in [-0.25, -0.2) is 4.79 Å². The van der Waals surface area contributed by atoms with Crippen LogP contribution in [-0.2, 0) is 11.3 Å². The molecular formula is C21H20N2O2. The zero-order valence-electron chi connectivity index (χ0n) is 14.0. The van der Waals surface area contributed by atoms with Crippen LogP contribution in [0.4, 0.5) is 4.79 Å². The van der Waals surface area contributed by atoms with Crippen LogP contribution in [0.15, 0.2) is 60.7 Å². The summed E-state index contributed by atoms with van der Waals surface area (Å²) in [6.45, 7) is 2.91. The number of amides is 1. The number of likely N-dealkylation sites (tertiary alicyclic amines) is 1. The summed E-state index contributed by atoms with van der Waals surface area (Å²) >= 11 is 0. The molecule has 4 nitrogen and oxygen atoms in total.